The first-order chi connectivity index (χ1) is 7.34. The molecule has 78 valence electrons. The third kappa shape index (κ3) is 1.51. The van der Waals surface area contributed by atoms with E-state index in [-0.39, 0.29) is 0 Å². The zero-order valence-corrected chi connectivity index (χ0v) is 9.13. The van der Waals surface area contributed by atoms with Gasteiger partial charge in [-0.1, -0.05) is 42.5 Å². The van der Waals surface area contributed by atoms with E-state index in [4.69, 9.17) is 0 Å². The van der Waals surface area contributed by atoms with Gasteiger partial charge in [-0.25, -0.2) is 0 Å². The lowest BCUT2D eigenvalue weighted by atomic mass is 10.1. The fraction of sp³-hybridized carbons (Fsp3) is 0.429. The Kier molecular flexibility index (Phi) is 2.14. The Morgan fingerprint density at radius 1 is 1.20 bits per heavy atom. The van der Waals surface area contributed by atoms with Crippen molar-refractivity contribution in [3.8, 4) is 0 Å². The fourth-order valence-corrected chi connectivity index (χ4v) is 2.91. The summed E-state index contributed by atoms with van der Waals surface area (Å²) in [6.07, 6.45) is 6.11. The monoisotopic (exact) mass is 199 g/mol. The van der Waals surface area contributed by atoms with Gasteiger partial charge in [-0.15, -0.1) is 0 Å². The van der Waals surface area contributed by atoms with E-state index in [0.29, 0.717) is 12.1 Å². The van der Waals surface area contributed by atoms with Gasteiger partial charge in [0.2, 0.25) is 0 Å². The van der Waals surface area contributed by atoms with E-state index in [9.17, 15) is 0 Å². The number of likely N-dealkylation sites (tertiary alicyclic amines) is 1. The summed E-state index contributed by atoms with van der Waals surface area (Å²) in [5.41, 5.74) is 1.44. The maximum absolute atomic E-state index is 2.62. The van der Waals surface area contributed by atoms with E-state index >= 15 is 0 Å². The van der Waals surface area contributed by atoms with E-state index in [1.807, 2.05) is 0 Å². The average molecular weight is 199 g/mol. The van der Waals surface area contributed by atoms with Crippen LogP contribution in [0.15, 0.2) is 42.5 Å². The highest BCUT2D eigenvalue weighted by atomic mass is 15.2. The standard InChI is InChI=1S/C14H17N/c1-11(13-5-3-2-4-6-13)15-10-12-7-8-14(15)9-12/h2-8,11-12,14H,9-10H2,1H3/t11-,12-,14+/m1/s1. The summed E-state index contributed by atoms with van der Waals surface area (Å²) >= 11 is 0. The Morgan fingerprint density at radius 2 is 2.00 bits per heavy atom. The lowest BCUT2D eigenvalue weighted by Gasteiger charge is -2.30. The summed E-state index contributed by atoms with van der Waals surface area (Å²) in [7, 11) is 0. The Bertz CT molecular complexity index is 368. The quantitative estimate of drug-likeness (QED) is 0.662. The summed E-state index contributed by atoms with van der Waals surface area (Å²) < 4.78 is 0. The van der Waals surface area contributed by atoms with Crippen molar-refractivity contribution in [3.63, 3.8) is 0 Å². The summed E-state index contributed by atoms with van der Waals surface area (Å²) in [6.45, 7) is 3.57. The lowest BCUT2D eigenvalue weighted by Crippen LogP contribution is -2.32. The van der Waals surface area contributed by atoms with Crippen LogP contribution in [0.5, 0.6) is 0 Å². The van der Waals surface area contributed by atoms with Crippen molar-refractivity contribution in [2.24, 2.45) is 5.92 Å². The first-order valence-corrected chi connectivity index (χ1v) is 5.83. The molecule has 1 aromatic carbocycles. The number of hydrogen-bond donors (Lipinski definition) is 0. The second-order valence-electron chi connectivity index (χ2n) is 4.73. The zero-order valence-electron chi connectivity index (χ0n) is 9.13. The van der Waals surface area contributed by atoms with Crippen molar-refractivity contribution < 1.29 is 0 Å². The van der Waals surface area contributed by atoms with Gasteiger partial charge in [0.1, 0.15) is 0 Å². The van der Waals surface area contributed by atoms with Gasteiger partial charge in [0, 0.05) is 18.6 Å². The maximum Gasteiger partial charge on any atom is 0.0326 e. The van der Waals surface area contributed by atoms with Crippen molar-refractivity contribution >= 4 is 0 Å². The van der Waals surface area contributed by atoms with Crippen LogP contribution in [0.1, 0.15) is 24.9 Å². The zero-order chi connectivity index (χ0) is 10.3. The van der Waals surface area contributed by atoms with Crippen molar-refractivity contribution in [2.75, 3.05) is 6.54 Å². The van der Waals surface area contributed by atoms with E-state index in [0.717, 1.165) is 5.92 Å². The highest BCUT2D eigenvalue weighted by Gasteiger charge is 2.36. The molecule has 15 heavy (non-hydrogen) atoms. The Morgan fingerprint density at radius 3 is 2.60 bits per heavy atom. The van der Waals surface area contributed by atoms with Crippen molar-refractivity contribution in [1.29, 1.82) is 0 Å². The molecule has 1 aromatic rings. The first-order valence-electron chi connectivity index (χ1n) is 5.83. The summed E-state index contributed by atoms with van der Waals surface area (Å²) in [5.74, 6) is 0.821. The van der Waals surface area contributed by atoms with E-state index in [2.05, 4.69) is 54.3 Å². The predicted molar refractivity (Wildman–Crippen MR) is 62.6 cm³/mol. The molecule has 1 fully saturated rings. The van der Waals surface area contributed by atoms with Crippen LogP contribution in [0.2, 0.25) is 0 Å². The second-order valence-corrected chi connectivity index (χ2v) is 4.73. The van der Waals surface area contributed by atoms with Gasteiger partial charge in [-0.3, -0.25) is 4.90 Å². The number of fused-ring (bicyclic) bond motifs is 2. The minimum absolute atomic E-state index is 0.561. The predicted octanol–water partition coefficient (Wildman–Crippen LogP) is 3.01. The summed E-state index contributed by atoms with van der Waals surface area (Å²) in [6, 6.07) is 12.1. The topological polar surface area (TPSA) is 3.24 Å². The molecule has 1 heterocycles. The SMILES string of the molecule is C[C@H](c1ccccc1)N1C[C@@H]2C=C[C@H]1C2. The molecule has 0 unspecified atom stereocenters. The molecular weight excluding hydrogens is 182 g/mol. The molecular formula is C14H17N. The molecule has 3 atom stereocenters. The first kappa shape index (κ1) is 9.17. The summed E-state index contributed by atoms with van der Waals surface area (Å²) in [4.78, 5) is 2.62. The Labute approximate surface area is 91.4 Å². The molecule has 0 amide bonds. The number of benzene rings is 1. The average Bonchev–Trinajstić information content (AvgIpc) is 2.91. The molecule has 1 aliphatic heterocycles. The van der Waals surface area contributed by atoms with Crippen LogP contribution in [0, 0.1) is 5.92 Å². The molecule has 3 rings (SSSR count). The van der Waals surface area contributed by atoms with Crippen LogP contribution in [-0.2, 0) is 0 Å². The molecule has 0 radical (unpaired) electrons. The van der Waals surface area contributed by atoms with Crippen LogP contribution in [0.3, 0.4) is 0 Å². The van der Waals surface area contributed by atoms with Crippen LogP contribution in [-0.4, -0.2) is 17.5 Å². The third-order valence-electron chi connectivity index (χ3n) is 3.80. The molecule has 0 saturated carbocycles. The number of rotatable bonds is 2. The molecule has 0 spiro atoms. The minimum Gasteiger partial charge on any atom is -0.290 e. The number of hydrogen-bond acceptors (Lipinski definition) is 1. The Balaban J connectivity index is 1.81. The van der Waals surface area contributed by atoms with Crippen molar-refractivity contribution in [1.82, 2.24) is 4.90 Å². The van der Waals surface area contributed by atoms with Gasteiger partial charge in [-0.2, -0.15) is 0 Å². The van der Waals surface area contributed by atoms with Crippen molar-refractivity contribution in [3.05, 3.63) is 48.0 Å². The van der Waals surface area contributed by atoms with Crippen LogP contribution >= 0.6 is 0 Å². The second kappa shape index (κ2) is 3.49. The Hall–Kier alpha value is -1.08. The molecule has 1 aliphatic carbocycles. The van der Waals surface area contributed by atoms with Crippen LogP contribution in [0.4, 0.5) is 0 Å². The normalized spacial score (nSPS) is 31.0. The molecule has 0 aromatic heterocycles. The summed E-state index contributed by atoms with van der Waals surface area (Å²) in [5, 5.41) is 0. The highest BCUT2D eigenvalue weighted by molar-refractivity contribution is 5.22. The highest BCUT2D eigenvalue weighted by Crippen LogP contribution is 2.37. The molecule has 1 heteroatoms. The van der Waals surface area contributed by atoms with Crippen LogP contribution in [0.25, 0.3) is 0 Å². The van der Waals surface area contributed by atoms with E-state index < -0.39 is 0 Å². The van der Waals surface area contributed by atoms with Gasteiger partial charge in [0.25, 0.3) is 0 Å². The van der Waals surface area contributed by atoms with E-state index in [1.54, 1.807) is 0 Å². The largest absolute Gasteiger partial charge is 0.290 e. The maximum atomic E-state index is 2.62. The molecule has 1 nitrogen and oxygen atoms in total. The smallest absolute Gasteiger partial charge is 0.0326 e. The van der Waals surface area contributed by atoms with Gasteiger partial charge >= 0.3 is 0 Å². The molecule has 0 N–H and O–H groups in total. The van der Waals surface area contributed by atoms with Crippen LogP contribution < -0.4 is 0 Å². The lowest BCUT2D eigenvalue weighted by molar-refractivity contribution is 0.213. The van der Waals surface area contributed by atoms with Gasteiger partial charge < -0.3 is 0 Å². The minimum atomic E-state index is 0.561. The van der Waals surface area contributed by atoms with Gasteiger partial charge in [0.15, 0.2) is 0 Å². The molecule has 2 aliphatic rings. The molecule has 1 saturated heterocycles. The third-order valence-corrected chi connectivity index (χ3v) is 3.80. The van der Waals surface area contributed by atoms with Crippen molar-refractivity contribution in [2.45, 2.75) is 25.4 Å². The molecule has 2 bridgehead atoms. The van der Waals surface area contributed by atoms with Gasteiger partial charge in [0.05, 0.1) is 0 Å². The van der Waals surface area contributed by atoms with E-state index in [1.165, 1.54) is 18.5 Å². The number of nitrogens with zero attached hydrogens (tertiary/aromatic N) is 1. The van der Waals surface area contributed by atoms with Gasteiger partial charge in [-0.05, 0) is 24.8 Å². The fourth-order valence-electron chi connectivity index (χ4n) is 2.91.